The van der Waals surface area contributed by atoms with E-state index in [1.165, 1.54) is 6.33 Å². The molecule has 0 radical (unpaired) electrons. The molecular formula is C28H26N4O3. The van der Waals surface area contributed by atoms with Crippen LogP contribution in [0.1, 0.15) is 29.2 Å². The summed E-state index contributed by atoms with van der Waals surface area (Å²) in [5, 5.41) is 24.4. The van der Waals surface area contributed by atoms with Crippen LogP contribution in [0.25, 0.3) is 22.0 Å². The van der Waals surface area contributed by atoms with Crippen molar-refractivity contribution in [2.24, 2.45) is 0 Å². The first-order valence-corrected chi connectivity index (χ1v) is 11.4. The number of ether oxygens (including phenoxy) is 1. The Morgan fingerprint density at radius 2 is 1.97 bits per heavy atom. The van der Waals surface area contributed by atoms with Gasteiger partial charge in [-0.25, -0.2) is 9.97 Å². The van der Waals surface area contributed by atoms with Gasteiger partial charge in [0.25, 0.3) is 0 Å². The highest BCUT2D eigenvalue weighted by Gasteiger charge is 2.12. The van der Waals surface area contributed by atoms with Crippen LogP contribution in [0.15, 0.2) is 60.9 Å². The summed E-state index contributed by atoms with van der Waals surface area (Å²) in [7, 11) is 0. The van der Waals surface area contributed by atoms with Gasteiger partial charge in [0.15, 0.2) is 0 Å². The first-order chi connectivity index (χ1) is 17.0. The molecule has 0 fully saturated rings. The van der Waals surface area contributed by atoms with Crippen molar-refractivity contribution in [2.45, 2.75) is 26.7 Å². The Balaban J connectivity index is 1.52. The van der Waals surface area contributed by atoms with E-state index < -0.39 is 5.97 Å². The third kappa shape index (κ3) is 5.39. The summed E-state index contributed by atoms with van der Waals surface area (Å²) >= 11 is 0. The number of nitriles is 1. The van der Waals surface area contributed by atoms with E-state index in [0.717, 1.165) is 27.5 Å². The molecule has 0 aliphatic heterocycles. The molecule has 4 aromatic rings. The van der Waals surface area contributed by atoms with E-state index in [4.69, 9.17) is 9.84 Å². The van der Waals surface area contributed by atoms with Gasteiger partial charge in [0.05, 0.1) is 30.4 Å². The quantitative estimate of drug-likeness (QED) is 0.351. The number of carbonyl (C=O) groups is 1. The molecular weight excluding hydrogens is 440 g/mol. The molecule has 35 heavy (non-hydrogen) atoms. The molecule has 7 heteroatoms. The number of fused-ring (bicyclic) bond motifs is 1. The highest BCUT2D eigenvalue weighted by atomic mass is 16.5. The summed E-state index contributed by atoms with van der Waals surface area (Å²) in [6, 6.07) is 19.6. The Kier molecular flexibility index (Phi) is 7.22. The van der Waals surface area contributed by atoms with Crippen LogP contribution >= 0.6 is 0 Å². The van der Waals surface area contributed by atoms with Gasteiger partial charge in [-0.15, -0.1) is 0 Å². The average molecular weight is 467 g/mol. The van der Waals surface area contributed by atoms with Crippen LogP contribution in [-0.2, 0) is 17.6 Å². The number of nitrogens with one attached hydrogen (secondary N) is 1. The summed E-state index contributed by atoms with van der Waals surface area (Å²) in [5.41, 5.74) is 4.97. The second-order valence-electron chi connectivity index (χ2n) is 8.15. The second-order valence-corrected chi connectivity index (χ2v) is 8.15. The van der Waals surface area contributed by atoms with Gasteiger partial charge in [-0.2, -0.15) is 5.26 Å². The maximum absolute atomic E-state index is 11.2. The summed E-state index contributed by atoms with van der Waals surface area (Å²) in [5.74, 6) is 0.296. The number of benzene rings is 3. The molecule has 1 aromatic heterocycles. The minimum absolute atomic E-state index is 0.106. The van der Waals surface area contributed by atoms with Crippen LogP contribution < -0.4 is 10.1 Å². The zero-order chi connectivity index (χ0) is 24.8. The van der Waals surface area contributed by atoms with Crippen LogP contribution in [0.3, 0.4) is 0 Å². The van der Waals surface area contributed by atoms with E-state index >= 15 is 0 Å². The molecule has 3 aromatic carbocycles. The number of rotatable bonds is 9. The first-order valence-electron chi connectivity index (χ1n) is 11.4. The molecule has 0 unspecified atom stereocenters. The molecule has 0 atom stereocenters. The summed E-state index contributed by atoms with van der Waals surface area (Å²) in [6.45, 7) is 4.96. The average Bonchev–Trinajstić information content (AvgIpc) is 2.86. The maximum Gasteiger partial charge on any atom is 0.307 e. The van der Waals surface area contributed by atoms with E-state index in [0.29, 0.717) is 48.0 Å². The van der Waals surface area contributed by atoms with Crippen molar-refractivity contribution in [3.05, 3.63) is 83.2 Å². The zero-order valence-electron chi connectivity index (χ0n) is 19.7. The number of nitrogens with zero attached hydrogens (tertiary/aromatic N) is 3. The molecule has 0 spiro atoms. The third-order valence-electron chi connectivity index (χ3n) is 5.92. The molecule has 176 valence electrons. The van der Waals surface area contributed by atoms with Crippen molar-refractivity contribution >= 4 is 22.6 Å². The predicted octanol–water partition coefficient (Wildman–Crippen LogP) is 5.16. The molecule has 0 saturated carbocycles. The normalized spacial score (nSPS) is 10.7. The van der Waals surface area contributed by atoms with Gasteiger partial charge >= 0.3 is 5.97 Å². The molecule has 0 saturated heterocycles. The van der Waals surface area contributed by atoms with Crippen molar-refractivity contribution in [1.82, 2.24) is 9.97 Å². The first kappa shape index (κ1) is 23.7. The van der Waals surface area contributed by atoms with Crippen LogP contribution in [0.4, 0.5) is 5.82 Å². The fourth-order valence-electron chi connectivity index (χ4n) is 4.23. The largest absolute Gasteiger partial charge is 0.494 e. The van der Waals surface area contributed by atoms with Crippen molar-refractivity contribution in [1.29, 1.82) is 5.26 Å². The number of carboxylic acid groups (broad SMARTS) is 1. The fourth-order valence-corrected chi connectivity index (χ4v) is 4.23. The van der Waals surface area contributed by atoms with E-state index in [-0.39, 0.29) is 6.42 Å². The van der Waals surface area contributed by atoms with E-state index in [1.807, 2.05) is 49.4 Å². The van der Waals surface area contributed by atoms with Gasteiger partial charge in [0.1, 0.15) is 17.9 Å². The Hall–Kier alpha value is -4.44. The highest BCUT2D eigenvalue weighted by molar-refractivity contribution is 5.88. The minimum atomic E-state index is -0.909. The van der Waals surface area contributed by atoms with Crippen molar-refractivity contribution in [2.75, 3.05) is 18.5 Å². The maximum atomic E-state index is 11.2. The van der Waals surface area contributed by atoms with E-state index in [1.54, 1.807) is 6.07 Å². The molecule has 7 nitrogen and oxygen atoms in total. The SMILES string of the molecule is CCOc1cc(-c2cc(NCCc3c(C#N)cc4ccccc4c3C)ncn2)ccc1CC(=O)O. The number of aromatic nitrogens is 2. The lowest BCUT2D eigenvalue weighted by Crippen LogP contribution is -2.09. The van der Waals surface area contributed by atoms with Gasteiger partial charge in [-0.1, -0.05) is 36.4 Å². The molecule has 2 N–H and O–H groups in total. The van der Waals surface area contributed by atoms with E-state index in [2.05, 4.69) is 34.3 Å². The van der Waals surface area contributed by atoms with Crippen LogP contribution in [0.2, 0.25) is 0 Å². The topological polar surface area (TPSA) is 108 Å². The fraction of sp³-hybridized carbons (Fsp3) is 0.214. The Bertz CT molecular complexity index is 1430. The predicted molar refractivity (Wildman–Crippen MR) is 136 cm³/mol. The molecule has 4 rings (SSSR count). The summed E-state index contributed by atoms with van der Waals surface area (Å²) in [6.07, 6.45) is 2.06. The number of hydrogen-bond donors (Lipinski definition) is 2. The number of hydrogen-bond acceptors (Lipinski definition) is 6. The lowest BCUT2D eigenvalue weighted by atomic mass is 9.93. The van der Waals surface area contributed by atoms with Crippen LogP contribution in [0, 0.1) is 18.3 Å². The molecule has 1 heterocycles. The minimum Gasteiger partial charge on any atom is -0.494 e. The standard InChI is InChI=1S/C28H26N4O3/c1-3-35-26-13-20(8-9-21(26)14-28(33)34)25-15-27(32-17-31-25)30-11-10-24-18(2)23-7-5-4-6-19(23)12-22(24)16-29/h4-9,12-13,15,17H,3,10-11,14H2,1-2H3,(H,33,34)(H,30,31,32). The Morgan fingerprint density at radius 1 is 1.14 bits per heavy atom. The molecule has 0 bridgehead atoms. The van der Waals surface area contributed by atoms with Gasteiger partial charge < -0.3 is 15.2 Å². The Morgan fingerprint density at radius 3 is 2.74 bits per heavy atom. The number of anilines is 1. The van der Waals surface area contributed by atoms with Gasteiger partial charge in [-0.3, -0.25) is 4.79 Å². The van der Waals surface area contributed by atoms with Gasteiger partial charge in [0.2, 0.25) is 0 Å². The lowest BCUT2D eigenvalue weighted by molar-refractivity contribution is -0.136. The van der Waals surface area contributed by atoms with Crippen LogP contribution in [-0.4, -0.2) is 34.2 Å². The van der Waals surface area contributed by atoms with Gasteiger partial charge in [-0.05, 0) is 54.3 Å². The van der Waals surface area contributed by atoms with Crippen molar-refractivity contribution in [3.63, 3.8) is 0 Å². The lowest BCUT2D eigenvalue weighted by Gasteiger charge is -2.13. The zero-order valence-corrected chi connectivity index (χ0v) is 19.7. The number of carboxylic acids is 1. The summed E-state index contributed by atoms with van der Waals surface area (Å²) in [4.78, 5) is 19.9. The van der Waals surface area contributed by atoms with Gasteiger partial charge in [0, 0.05) is 23.7 Å². The van der Waals surface area contributed by atoms with Crippen LogP contribution in [0.5, 0.6) is 5.75 Å². The molecule has 0 amide bonds. The van der Waals surface area contributed by atoms with E-state index in [9.17, 15) is 10.1 Å². The second kappa shape index (κ2) is 10.7. The van der Waals surface area contributed by atoms with Crippen molar-refractivity contribution < 1.29 is 14.6 Å². The monoisotopic (exact) mass is 466 g/mol. The number of aryl methyl sites for hydroxylation is 1. The smallest absolute Gasteiger partial charge is 0.307 e. The Labute approximate surface area is 204 Å². The summed E-state index contributed by atoms with van der Waals surface area (Å²) < 4.78 is 5.66. The highest BCUT2D eigenvalue weighted by Crippen LogP contribution is 2.28. The molecule has 0 aliphatic carbocycles. The number of aliphatic carboxylic acids is 1. The molecule has 0 aliphatic rings. The third-order valence-corrected chi connectivity index (χ3v) is 5.92. The van der Waals surface area contributed by atoms with Crippen molar-refractivity contribution in [3.8, 4) is 23.1 Å².